The highest BCUT2D eigenvalue weighted by molar-refractivity contribution is 14.0. The molecule has 0 radical (unpaired) electrons. The van der Waals surface area contributed by atoms with Crippen LogP contribution in [0.1, 0.15) is 16.8 Å². The quantitative estimate of drug-likeness (QED) is 0.493. The van der Waals surface area contributed by atoms with Crippen LogP contribution in [0.5, 0.6) is 0 Å². The molecule has 0 aliphatic rings. The van der Waals surface area contributed by atoms with Crippen LogP contribution >= 0.6 is 35.3 Å². The molecule has 2 N–H and O–H groups in total. The number of aliphatic imine (C=N–C) groups is 1. The van der Waals surface area contributed by atoms with E-state index in [1.165, 1.54) is 9.88 Å². The van der Waals surface area contributed by atoms with Gasteiger partial charge in [0.25, 0.3) is 0 Å². The van der Waals surface area contributed by atoms with Crippen LogP contribution in [-0.2, 0) is 6.42 Å². The Balaban J connectivity index is 0.00000225. The summed E-state index contributed by atoms with van der Waals surface area (Å²) < 4.78 is 0. The molecule has 1 rings (SSSR count). The number of hydrogen-bond acceptors (Lipinski definition) is 3. The first kappa shape index (κ1) is 15.6. The molecule has 1 heterocycles. The van der Waals surface area contributed by atoms with Crippen LogP contribution in [0.3, 0.4) is 0 Å². The average Bonchev–Trinajstić information content (AvgIpc) is 2.63. The standard InChI is InChI=1S/C10H18N4S.HI/c1-4-12-10(11-3)13-6-5-9-14-7-8(2)15-9;/h7H,4-6H2,1-3H3,(H2,11,12,13);1H. The molecule has 16 heavy (non-hydrogen) atoms. The van der Waals surface area contributed by atoms with Gasteiger partial charge in [0.1, 0.15) is 0 Å². The summed E-state index contributed by atoms with van der Waals surface area (Å²) in [4.78, 5) is 9.66. The Hall–Kier alpha value is -0.370. The fourth-order valence-electron chi connectivity index (χ4n) is 1.19. The van der Waals surface area contributed by atoms with E-state index in [9.17, 15) is 0 Å². The second-order valence-corrected chi connectivity index (χ2v) is 4.46. The number of guanidine groups is 1. The first-order chi connectivity index (χ1) is 7.26. The van der Waals surface area contributed by atoms with Crippen molar-refractivity contribution < 1.29 is 0 Å². The molecule has 0 aromatic carbocycles. The molecule has 0 bridgehead atoms. The molecule has 92 valence electrons. The fraction of sp³-hybridized carbons (Fsp3) is 0.600. The van der Waals surface area contributed by atoms with Crippen molar-refractivity contribution in [1.29, 1.82) is 0 Å². The lowest BCUT2D eigenvalue weighted by Gasteiger charge is -2.08. The Morgan fingerprint density at radius 3 is 2.75 bits per heavy atom. The summed E-state index contributed by atoms with van der Waals surface area (Å²) in [6.07, 6.45) is 2.86. The second kappa shape index (κ2) is 8.74. The molecule has 1 aromatic heterocycles. The molecule has 6 heteroatoms. The Morgan fingerprint density at radius 2 is 2.25 bits per heavy atom. The predicted octanol–water partition coefficient (Wildman–Crippen LogP) is 1.80. The van der Waals surface area contributed by atoms with Crippen molar-refractivity contribution in [3.63, 3.8) is 0 Å². The molecule has 0 unspecified atom stereocenters. The van der Waals surface area contributed by atoms with E-state index in [0.717, 1.165) is 25.5 Å². The van der Waals surface area contributed by atoms with Gasteiger partial charge in [-0.2, -0.15) is 0 Å². The number of halogens is 1. The summed E-state index contributed by atoms with van der Waals surface area (Å²) in [5, 5.41) is 7.55. The van der Waals surface area contributed by atoms with Crippen molar-refractivity contribution in [2.24, 2.45) is 4.99 Å². The van der Waals surface area contributed by atoms with Crippen LogP contribution in [0.4, 0.5) is 0 Å². The van der Waals surface area contributed by atoms with E-state index in [4.69, 9.17) is 0 Å². The number of aryl methyl sites for hydroxylation is 1. The van der Waals surface area contributed by atoms with Crippen molar-refractivity contribution in [3.05, 3.63) is 16.1 Å². The molecule has 0 atom stereocenters. The number of thiazole rings is 1. The van der Waals surface area contributed by atoms with E-state index in [1.54, 1.807) is 18.4 Å². The van der Waals surface area contributed by atoms with Gasteiger partial charge in [-0.15, -0.1) is 35.3 Å². The third-order valence-corrected chi connectivity index (χ3v) is 2.84. The molecule has 0 saturated heterocycles. The molecule has 0 spiro atoms. The van der Waals surface area contributed by atoms with E-state index < -0.39 is 0 Å². The van der Waals surface area contributed by atoms with E-state index in [0.29, 0.717) is 0 Å². The number of nitrogens with zero attached hydrogens (tertiary/aromatic N) is 2. The minimum atomic E-state index is 0. The van der Waals surface area contributed by atoms with Crippen LogP contribution in [0.25, 0.3) is 0 Å². The average molecular weight is 354 g/mol. The first-order valence-electron chi connectivity index (χ1n) is 5.12. The molecule has 0 aliphatic heterocycles. The van der Waals surface area contributed by atoms with Crippen LogP contribution < -0.4 is 10.6 Å². The van der Waals surface area contributed by atoms with Crippen molar-refractivity contribution in [1.82, 2.24) is 15.6 Å². The summed E-state index contributed by atoms with van der Waals surface area (Å²) >= 11 is 1.75. The predicted molar refractivity (Wildman–Crippen MR) is 81.0 cm³/mol. The number of aromatic nitrogens is 1. The van der Waals surface area contributed by atoms with E-state index in [-0.39, 0.29) is 24.0 Å². The molecule has 4 nitrogen and oxygen atoms in total. The number of rotatable bonds is 4. The SMILES string of the molecule is CCNC(=NC)NCCc1ncc(C)s1.I. The highest BCUT2D eigenvalue weighted by Crippen LogP contribution is 2.10. The lowest BCUT2D eigenvalue weighted by Crippen LogP contribution is -2.38. The zero-order valence-electron chi connectivity index (χ0n) is 9.91. The van der Waals surface area contributed by atoms with Crippen molar-refractivity contribution in [3.8, 4) is 0 Å². The van der Waals surface area contributed by atoms with Gasteiger partial charge in [0.15, 0.2) is 5.96 Å². The summed E-state index contributed by atoms with van der Waals surface area (Å²) in [5.41, 5.74) is 0. The van der Waals surface area contributed by atoms with E-state index in [1.807, 2.05) is 6.20 Å². The number of hydrogen-bond donors (Lipinski definition) is 2. The Morgan fingerprint density at radius 1 is 1.50 bits per heavy atom. The van der Waals surface area contributed by atoms with Crippen LogP contribution in [0, 0.1) is 6.92 Å². The minimum absolute atomic E-state index is 0. The Bertz CT molecular complexity index is 324. The monoisotopic (exact) mass is 354 g/mol. The third kappa shape index (κ3) is 5.64. The lowest BCUT2D eigenvalue weighted by atomic mass is 10.4. The van der Waals surface area contributed by atoms with Gasteiger partial charge in [0, 0.05) is 37.6 Å². The van der Waals surface area contributed by atoms with Crippen LogP contribution in [0.2, 0.25) is 0 Å². The topological polar surface area (TPSA) is 49.3 Å². The lowest BCUT2D eigenvalue weighted by molar-refractivity contribution is 0.806. The van der Waals surface area contributed by atoms with Gasteiger partial charge in [0.2, 0.25) is 0 Å². The molecule has 0 amide bonds. The Kier molecular flexibility index (Phi) is 8.54. The van der Waals surface area contributed by atoms with Gasteiger partial charge in [0.05, 0.1) is 5.01 Å². The summed E-state index contributed by atoms with van der Waals surface area (Å²) in [6.45, 7) is 5.88. The van der Waals surface area contributed by atoms with Crippen molar-refractivity contribution in [2.75, 3.05) is 20.1 Å². The number of nitrogens with one attached hydrogen (secondary N) is 2. The van der Waals surface area contributed by atoms with Gasteiger partial charge in [-0.25, -0.2) is 4.98 Å². The fourth-order valence-corrected chi connectivity index (χ4v) is 1.98. The van der Waals surface area contributed by atoms with Gasteiger partial charge in [-0.3, -0.25) is 4.99 Å². The molecule has 1 aromatic rings. The zero-order valence-corrected chi connectivity index (χ0v) is 13.1. The normalized spacial score (nSPS) is 10.8. The summed E-state index contributed by atoms with van der Waals surface area (Å²) in [7, 11) is 1.78. The largest absolute Gasteiger partial charge is 0.357 e. The highest BCUT2D eigenvalue weighted by atomic mass is 127. The van der Waals surface area contributed by atoms with Gasteiger partial charge in [-0.1, -0.05) is 0 Å². The van der Waals surface area contributed by atoms with Gasteiger partial charge in [-0.05, 0) is 13.8 Å². The maximum absolute atomic E-state index is 4.30. The maximum atomic E-state index is 4.30. The van der Waals surface area contributed by atoms with Gasteiger partial charge >= 0.3 is 0 Å². The van der Waals surface area contributed by atoms with E-state index in [2.05, 4.69) is 34.5 Å². The van der Waals surface area contributed by atoms with Crippen molar-refractivity contribution in [2.45, 2.75) is 20.3 Å². The zero-order chi connectivity index (χ0) is 11.1. The third-order valence-electron chi connectivity index (χ3n) is 1.87. The molecular formula is C10H19IN4S. The molecule has 0 saturated carbocycles. The summed E-state index contributed by atoms with van der Waals surface area (Å²) in [6, 6.07) is 0. The van der Waals surface area contributed by atoms with Gasteiger partial charge < -0.3 is 10.6 Å². The summed E-state index contributed by atoms with van der Waals surface area (Å²) in [5.74, 6) is 0.853. The minimum Gasteiger partial charge on any atom is -0.357 e. The second-order valence-electron chi connectivity index (χ2n) is 3.14. The maximum Gasteiger partial charge on any atom is 0.190 e. The Labute approximate surface area is 118 Å². The van der Waals surface area contributed by atoms with Crippen molar-refractivity contribution >= 4 is 41.3 Å². The first-order valence-corrected chi connectivity index (χ1v) is 5.93. The van der Waals surface area contributed by atoms with Crippen LogP contribution in [-0.4, -0.2) is 31.1 Å². The van der Waals surface area contributed by atoms with Crippen LogP contribution in [0.15, 0.2) is 11.2 Å². The highest BCUT2D eigenvalue weighted by Gasteiger charge is 1.99. The molecular weight excluding hydrogens is 335 g/mol. The molecule has 0 fully saturated rings. The van der Waals surface area contributed by atoms with E-state index >= 15 is 0 Å². The smallest absolute Gasteiger partial charge is 0.190 e. The molecule has 0 aliphatic carbocycles.